The molecule has 9 nitrogen and oxygen atoms in total. The monoisotopic (exact) mass is 338 g/mol. The molecule has 1 amide bonds. The summed E-state index contributed by atoms with van der Waals surface area (Å²) in [6, 6.07) is 3.30. The van der Waals surface area contributed by atoms with E-state index in [2.05, 4.69) is 24.1 Å². The highest BCUT2D eigenvalue weighted by molar-refractivity contribution is 5.80. The number of carbonyl (C=O) groups excluding carboxylic acids is 1. The SMILES string of the molecule is CCN(CC)CCCNC(=O)Cc1ccc([N+](=O)[O-])cc1[N+](=O)[O-]. The number of hydrogen-bond acceptors (Lipinski definition) is 6. The third kappa shape index (κ3) is 5.92. The first-order valence-corrected chi connectivity index (χ1v) is 7.79. The Morgan fingerprint density at radius 2 is 1.83 bits per heavy atom. The number of benzene rings is 1. The molecule has 1 aromatic rings. The van der Waals surface area contributed by atoms with Crippen molar-refractivity contribution in [1.82, 2.24) is 10.2 Å². The van der Waals surface area contributed by atoms with Gasteiger partial charge in [0.1, 0.15) is 0 Å². The third-order valence-electron chi connectivity index (χ3n) is 3.70. The third-order valence-corrected chi connectivity index (χ3v) is 3.70. The number of nitrogens with one attached hydrogen (secondary N) is 1. The Labute approximate surface area is 139 Å². The molecule has 132 valence electrons. The van der Waals surface area contributed by atoms with Gasteiger partial charge in [0.15, 0.2) is 0 Å². The average molecular weight is 338 g/mol. The average Bonchev–Trinajstić information content (AvgIpc) is 2.55. The van der Waals surface area contributed by atoms with Crippen molar-refractivity contribution < 1.29 is 14.6 Å². The number of carbonyl (C=O) groups is 1. The van der Waals surface area contributed by atoms with Gasteiger partial charge in [0.2, 0.25) is 5.91 Å². The molecule has 0 saturated carbocycles. The van der Waals surface area contributed by atoms with Crippen molar-refractivity contribution in [3.8, 4) is 0 Å². The van der Waals surface area contributed by atoms with Gasteiger partial charge in [-0.3, -0.25) is 25.0 Å². The van der Waals surface area contributed by atoms with Gasteiger partial charge in [0.05, 0.1) is 22.3 Å². The van der Waals surface area contributed by atoms with Crippen molar-refractivity contribution in [2.45, 2.75) is 26.7 Å². The molecule has 0 atom stereocenters. The summed E-state index contributed by atoms with van der Waals surface area (Å²) in [5.74, 6) is -0.341. The Balaban J connectivity index is 2.60. The van der Waals surface area contributed by atoms with E-state index in [1.54, 1.807) is 0 Å². The maximum absolute atomic E-state index is 11.9. The number of nitro benzene ring substituents is 2. The molecule has 1 aromatic carbocycles. The second kappa shape index (κ2) is 9.56. The zero-order valence-electron chi connectivity index (χ0n) is 13.9. The van der Waals surface area contributed by atoms with Gasteiger partial charge in [0, 0.05) is 18.2 Å². The molecule has 0 unspecified atom stereocenters. The summed E-state index contributed by atoms with van der Waals surface area (Å²) < 4.78 is 0. The van der Waals surface area contributed by atoms with Crippen LogP contribution in [0.15, 0.2) is 18.2 Å². The summed E-state index contributed by atoms with van der Waals surface area (Å²) >= 11 is 0. The van der Waals surface area contributed by atoms with Crippen molar-refractivity contribution in [3.05, 3.63) is 44.0 Å². The minimum absolute atomic E-state index is 0.159. The van der Waals surface area contributed by atoms with Gasteiger partial charge < -0.3 is 10.2 Å². The summed E-state index contributed by atoms with van der Waals surface area (Å²) in [7, 11) is 0. The van der Waals surface area contributed by atoms with Gasteiger partial charge in [-0.2, -0.15) is 0 Å². The van der Waals surface area contributed by atoms with Crippen molar-refractivity contribution >= 4 is 17.3 Å². The van der Waals surface area contributed by atoms with Gasteiger partial charge in [-0.05, 0) is 32.1 Å². The zero-order valence-corrected chi connectivity index (χ0v) is 13.9. The van der Waals surface area contributed by atoms with E-state index in [9.17, 15) is 25.0 Å². The van der Waals surface area contributed by atoms with Crippen molar-refractivity contribution in [2.24, 2.45) is 0 Å². The summed E-state index contributed by atoms with van der Waals surface area (Å²) in [4.78, 5) is 34.4. The molecule has 0 spiro atoms. The first kappa shape index (κ1) is 19.5. The number of nitrogens with zero attached hydrogens (tertiary/aromatic N) is 3. The fourth-order valence-electron chi connectivity index (χ4n) is 2.29. The molecule has 0 saturated heterocycles. The Kier molecular flexibility index (Phi) is 7.76. The van der Waals surface area contributed by atoms with Crippen LogP contribution in [0.3, 0.4) is 0 Å². The highest BCUT2D eigenvalue weighted by Gasteiger charge is 2.20. The summed E-state index contributed by atoms with van der Waals surface area (Å²) in [6.07, 6.45) is 0.607. The molecule has 0 aliphatic heterocycles. The molecule has 0 fully saturated rings. The molecule has 1 rings (SSSR count). The van der Waals surface area contributed by atoms with Crippen LogP contribution >= 0.6 is 0 Å². The van der Waals surface area contributed by atoms with Crippen LogP contribution in [0.2, 0.25) is 0 Å². The first-order chi connectivity index (χ1) is 11.4. The molecule has 0 aromatic heterocycles. The quantitative estimate of drug-likeness (QED) is 0.395. The van der Waals surface area contributed by atoms with E-state index in [-0.39, 0.29) is 23.6 Å². The van der Waals surface area contributed by atoms with Crippen LogP contribution in [0.5, 0.6) is 0 Å². The number of hydrogen-bond donors (Lipinski definition) is 1. The predicted octanol–water partition coefficient (Wildman–Crippen LogP) is 1.89. The minimum atomic E-state index is -0.712. The number of rotatable bonds is 10. The van der Waals surface area contributed by atoms with Crippen molar-refractivity contribution in [1.29, 1.82) is 0 Å². The smallest absolute Gasteiger partial charge is 0.279 e. The van der Waals surface area contributed by atoms with Gasteiger partial charge in [-0.1, -0.05) is 13.8 Å². The summed E-state index contributed by atoms with van der Waals surface area (Å²) in [5.41, 5.74) is -0.626. The lowest BCUT2D eigenvalue weighted by atomic mass is 10.1. The van der Waals surface area contributed by atoms with Crippen LogP contribution < -0.4 is 5.32 Å². The van der Waals surface area contributed by atoms with Crippen LogP contribution in [0.4, 0.5) is 11.4 Å². The van der Waals surface area contributed by atoms with Gasteiger partial charge in [-0.15, -0.1) is 0 Å². The largest absolute Gasteiger partial charge is 0.356 e. The topological polar surface area (TPSA) is 119 Å². The van der Waals surface area contributed by atoms with E-state index < -0.39 is 15.5 Å². The lowest BCUT2D eigenvalue weighted by molar-refractivity contribution is -0.394. The van der Waals surface area contributed by atoms with E-state index in [4.69, 9.17) is 0 Å². The maximum atomic E-state index is 11.9. The molecule has 24 heavy (non-hydrogen) atoms. The predicted molar refractivity (Wildman–Crippen MR) is 88.9 cm³/mol. The minimum Gasteiger partial charge on any atom is -0.356 e. The standard InChI is InChI=1S/C15H22N4O5/c1-3-17(4-2)9-5-8-16-15(20)10-12-6-7-13(18(21)22)11-14(12)19(23)24/h6-7,11H,3-5,8-10H2,1-2H3,(H,16,20). The highest BCUT2D eigenvalue weighted by Crippen LogP contribution is 2.24. The molecule has 0 aliphatic carbocycles. The lowest BCUT2D eigenvalue weighted by Crippen LogP contribution is -2.30. The first-order valence-electron chi connectivity index (χ1n) is 7.79. The Bertz CT molecular complexity index is 602. The fourth-order valence-corrected chi connectivity index (χ4v) is 2.29. The van der Waals surface area contributed by atoms with Crippen LogP contribution in [0, 0.1) is 20.2 Å². The second-order valence-corrected chi connectivity index (χ2v) is 5.23. The lowest BCUT2D eigenvalue weighted by Gasteiger charge is -2.17. The van der Waals surface area contributed by atoms with Crippen molar-refractivity contribution in [3.63, 3.8) is 0 Å². The summed E-state index contributed by atoms with van der Waals surface area (Å²) in [5, 5.41) is 24.4. The maximum Gasteiger partial charge on any atom is 0.279 e. The van der Waals surface area contributed by atoms with Crippen LogP contribution in [0.25, 0.3) is 0 Å². The molecule has 9 heteroatoms. The molecule has 0 bridgehead atoms. The molecule has 0 radical (unpaired) electrons. The molecule has 0 aliphatic rings. The number of nitro groups is 2. The molecule has 0 heterocycles. The zero-order chi connectivity index (χ0) is 18.1. The Morgan fingerprint density at radius 3 is 2.38 bits per heavy atom. The molecular weight excluding hydrogens is 316 g/mol. The van der Waals surface area contributed by atoms with Gasteiger partial charge in [0.25, 0.3) is 11.4 Å². The number of amides is 1. The van der Waals surface area contributed by atoms with E-state index in [0.717, 1.165) is 38.2 Å². The normalized spacial score (nSPS) is 10.6. The highest BCUT2D eigenvalue weighted by atomic mass is 16.6. The Morgan fingerprint density at radius 1 is 1.17 bits per heavy atom. The van der Waals surface area contributed by atoms with Crippen LogP contribution in [-0.4, -0.2) is 46.8 Å². The van der Waals surface area contributed by atoms with E-state index >= 15 is 0 Å². The number of non-ortho nitro benzene ring substituents is 1. The summed E-state index contributed by atoms with van der Waals surface area (Å²) in [6.45, 7) is 7.37. The van der Waals surface area contributed by atoms with Gasteiger partial charge in [-0.25, -0.2) is 0 Å². The molecular formula is C15H22N4O5. The van der Waals surface area contributed by atoms with Crippen LogP contribution in [0.1, 0.15) is 25.8 Å². The van der Waals surface area contributed by atoms with Gasteiger partial charge >= 0.3 is 0 Å². The molecule has 1 N–H and O–H groups in total. The van der Waals surface area contributed by atoms with Crippen molar-refractivity contribution in [2.75, 3.05) is 26.2 Å². The second-order valence-electron chi connectivity index (χ2n) is 5.23. The van der Waals surface area contributed by atoms with E-state index in [1.807, 2.05) is 0 Å². The van der Waals surface area contributed by atoms with E-state index in [0.29, 0.717) is 6.54 Å². The fraction of sp³-hybridized carbons (Fsp3) is 0.533. The Hall–Kier alpha value is -2.55. The van der Waals surface area contributed by atoms with Crippen LogP contribution in [-0.2, 0) is 11.2 Å². The van der Waals surface area contributed by atoms with E-state index in [1.165, 1.54) is 6.07 Å².